The van der Waals surface area contributed by atoms with Gasteiger partial charge in [0.05, 0.1) is 18.8 Å². The van der Waals surface area contributed by atoms with Gasteiger partial charge in [0.1, 0.15) is 0 Å². The Morgan fingerprint density at radius 2 is 1.81 bits per heavy atom. The number of rotatable bonds is 7. The highest BCUT2D eigenvalue weighted by Gasteiger charge is 2.25. The van der Waals surface area contributed by atoms with Crippen LogP contribution in [0.5, 0.6) is 0 Å². The number of carbonyl (C=O) groups is 1. The number of carbonyl (C=O) groups excluding carboxylic acids is 1. The number of Topliss-reactive ketones (excluding diaryl/α,β-unsaturated/α-hetero) is 1. The Morgan fingerprint density at radius 3 is 2.50 bits per heavy atom. The van der Waals surface area contributed by atoms with Gasteiger partial charge in [0, 0.05) is 36.6 Å². The number of halogens is 1. The van der Waals surface area contributed by atoms with Gasteiger partial charge in [0.25, 0.3) is 0 Å². The Hall–Kier alpha value is -2.47. The lowest BCUT2D eigenvalue weighted by molar-refractivity contribution is 0.0342. The average molecular weight is 453 g/mol. The number of ketones is 1. The third-order valence-electron chi connectivity index (χ3n) is 5.94. The molecule has 4 rings (SSSR count). The molecule has 0 bridgehead atoms. The molecule has 1 saturated heterocycles. The summed E-state index contributed by atoms with van der Waals surface area (Å²) in [5.74, 6) is 0.579. The summed E-state index contributed by atoms with van der Waals surface area (Å²) >= 11 is 6.42. The van der Waals surface area contributed by atoms with Crippen LogP contribution in [0.25, 0.3) is 22.5 Å². The maximum atomic E-state index is 12.9. The molecule has 2 aromatic carbocycles. The van der Waals surface area contributed by atoms with E-state index >= 15 is 0 Å². The third kappa shape index (κ3) is 4.80. The summed E-state index contributed by atoms with van der Waals surface area (Å²) in [4.78, 5) is 15.2. The minimum Gasteiger partial charge on any atom is -0.379 e. The van der Waals surface area contributed by atoms with Crippen LogP contribution < -0.4 is 0 Å². The van der Waals surface area contributed by atoms with Crippen LogP contribution in [0.2, 0.25) is 5.02 Å². The van der Waals surface area contributed by atoms with Gasteiger partial charge < -0.3 is 9.26 Å². The Labute approximate surface area is 194 Å². The van der Waals surface area contributed by atoms with Crippen molar-refractivity contribution < 1.29 is 14.1 Å². The first kappa shape index (κ1) is 22.7. The number of benzene rings is 2. The second-order valence-corrected chi connectivity index (χ2v) is 8.82. The highest BCUT2D eigenvalue weighted by Crippen LogP contribution is 2.39. The van der Waals surface area contributed by atoms with Crippen molar-refractivity contribution in [1.29, 1.82) is 0 Å². The molecule has 32 heavy (non-hydrogen) atoms. The van der Waals surface area contributed by atoms with Crippen molar-refractivity contribution in [2.75, 3.05) is 26.3 Å². The topological polar surface area (TPSA) is 55.6 Å². The van der Waals surface area contributed by atoms with Crippen LogP contribution in [0.15, 0.2) is 40.9 Å². The Kier molecular flexibility index (Phi) is 7.09. The van der Waals surface area contributed by atoms with Crippen LogP contribution >= 0.6 is 11.6 Å². The number of ether oxygens (including phenoxy) is 1. The summed E-state index contributed by atoms with van der Waals surface area (Å²) in [5, 5.41) is 4.87. The summed E-state index contributed by atoms with van der Waals surface area (Å²) in [6.45, 7) is 10.3. The molecule has 2 heterocycles. The van der Waals surface area contributed by atoms with Gasteiger partial charge in [-0.15, -0.1) is 0 Å². The van der Waals surface area contributed by atoms with E-state index in [4.69, 9.17) is 20.9 Å². The van der Waals surface area contributed by atoms with E-state index in [1.165, 1.54) is 5.56 Å². The van der Waals surface area contributed by atoms with E-state index in [1.54, 1.807) is 0 Å². The van der Waals surface area contributed by atoms with Crippen molar-refractivity contribution in [3.8, 4) is 22.5 Å². The second-order valence-electron chi connectivity index (χ2n) is 8.41. The number of aryl methyl sites for hydroxylation is 2. The molecule has 1 aliphatic heterocycles. The lowest BCUT2D eigenvalue weighted by Gasteiger charge is -2.26. The standard InChI is InChI=1S/C26H29ClN2O3/c1-4-5-23(30)25-24(26(32-28-25)21-15-22(27)18(3)14-17(21)2)20-8-6-19(7-9-20)16-29-10-12-31-13-11-29/h6-9,14-15H,4-5,10-13,16H2,1-3H3. The normalized spacial score (nSPS) is 14.6. The molecule has 0 atom stereocenters. The number of aromatic nitrogens is 1. The molecule has 0 spiro atoms. The Bertz CT molecular complexity index is 1100. The van der Waals surface area contributed by atoms with Crippen molar-refractivity contribution >= 4 is 17.4 Å². The van der Waals surface area contributed by atoms with Gasteiger partial charge in [0.2, 0.25) is 0 Å². The Balaban J connectivity index is 1.73. The first-order chi connectivity index (χ1) is 15.5. The van der Waals surface area contributed by atoms with E-state index in [2.05, 4.69) is 34.3 Å². The quantitative estimate of drug-likeness (QED) is 0.406. The van der Waals surface area contributed by atoms with E-state index in [-0.39, 0.29) is 5.78 Å². The highest BCUT2D eigenvalue weighted by atomic mass is 35.5. The molecule has 1 fully saturated rings. The van der Waals surface area contributed by atoms with Gasteiger partial charge in [0.15, 0.2) is 17.2 Å². The zero-order chi connectivity index (χ0) is 22.7. The maximum Gasteiger partial charge on any atom is 0.185 e. The van der Waals surface area contributed by atoms with Crippen molar-refractivity contribution in [3.63, 3.8) is 0 Å². The molecule has 0 amide bonds. The van der Waals surface area contributed by atoms with E-state index in [1.807, 2.05) is 32.9 Å². The molecule has 0 unspecified atom stereocenters. The molecule has 5 nitrogen and oxygen atoms in total. The van der Waals surface area contributed by atoms with Gasteiger partial charge in [-0.25, -0.2) is 0 Å². The zero-order valence-electron chi connectivity index (χ0n) is 18.9. The lowest BCUT2D eigenvalue weighted by atomic mass is 9.94. The maximum absolute atomic E-state index is 12.9. The van der Waals surface area contributed by atoms with E-state index in [9.17, 15) is 4.79 Å². The fraction of sp³-hybridized carbons (Fsp3) is 0.385. The molecule has 1 aromatic heterocycles. The number of nitrogens with zero attached hydrogens (tertiary/aromatic N) is 2. The van der Waals surface area contributed by atoms with Gasteiger partial charge in [-0.3, -0.25) is 9.69 Å². The first-order valence-corrected chi connectivity index (χ1v) is 11.5. The van der Waals surface area contributed by atoms with E-state index in [0.717, 1.165) is 67.1 Å². The average Bonchev–Trinajstić information content (AvgIpc) is 3.23. The summed E-state index contributed by atoms with van der Waals surface area (Å²) < 4.78 is 11.2. The predicted octanol–water partition coefficient (Wildman–Crippen LogP) is 6.09. The summed E-state index contributed by atoms with van der Waals surface area (Å²) in [6, 6.07) is 12.3. The van der Waals surface area contributed by atoms with Gasteiger partial charge in [-0.2, -0.15) is 0 Å². The van der Waals surface area contributed by atoms with Crippen LogP contribution in [-0.2, 0) is 11.3 Å². The largest absolute Gasteiger partial charge is 0.379 e. The van der Waals surface area contributed by atoms with Crippen LogP contribution in [0.1, 0.15) is 46.9 Å². The van der Waals surface area contributed by atoms with Gasteiger partial charge >= 0.3 is 0 Å². The second kappa shape index (κ2) is 9.99. The van der Waals surface area contributed by atoms with Crippen molar-refractivity contribution in [1.82, 2.24) is 10.1 Å². The minimum absolute atomic E-state index is 0.00856. The fourth-order valence-electron chi connectivity index (χ4n) is 4.14. The SMILES string of the molecule is CCCC(=O)c1noc(-c2cc(Cl)c(C)cc2C)c1-c1ccc(CN2CCOCC2)cc1. The van der Waals surface area contributed by atoms with Crippen LogP contribution in [0.4, 0.5) is 0 Å². The highest BCUT2D eigenvalue weighted by molar-refractivity contribution is 6.31. The van der Waals surface area contributed by atoms with E-state index in [0.29, 0.717) is 22.9 Å². The Morgan fingerprint density at radius 1 is 1.09 bits per heavy atom. The van der Waals surface area contributed by atoms with Crippen molar-refractivity contribution in [2.45, 2.75) is 40.2 Å². The first-order valence-electron chi connectivity index (χ1n) is 11.2. The fourth-order valence-corrected chi connectivity index (χ4v) is 4.31. The monoisotopic (exact) mass is 452 g/mol. The molecule has 168 valence electrons. The molecule has 0 N–H and O–H groups in total. The van der Waals surface area contributed by atoms with Crippen molar-refractivity contribution in [2.24, 2.45) is 0 Å². The summed E-state index contributed by atoms with van der Waals surface area (Å²) in [5.41, 5.74) is 6.16. The number of hydrogen-bond acceptors (Lipinski definition) is 5. The third-order valence-corrected chi connectivity index (χ3v) is 6.34. The van der Waals surface area contributed by atoms with Crippen molar-refractivity contribution in [3.05, 3.63) is 63.8 Å². The molecule has 6 heteroatoms. The van der Waals surface area contributed by atoms with Gasteiger partial charge in [-0.05, 0) is 48.6 Å². The lowest BCUT2D eigenvalue weighted by Crippen LogP contribution is -2.35. The summed E-state index contributed by atoms with van der Waals surface area (Å²) in [6.07, 6.45) is 1.19. The molecular formula is C26H29ClN2O3. The molecular weight excluding hydrogens is 424 g/mol. The molecule has 0 aliphatic carbocycles. The van der Waals surface area contributed by atoms with E-state index < -0.39 is 0 Å². The number of morpholine rings is 1. The molecule has 0 saturated carbocycles. The summed E-state index contributed by atoms with van der Waals surface area (Å²) in [7, 11) is 0. The molecule has 1 aliphatic rings. The van der Waals surface area contributed by atoms with Crippen LogP contribution in [0.3, 0.4) is 0 Å². The molecule has 0 radical (unpaired) electrons. The number of hydrogen-bond donors (Lipinski definition) is 0. The van der Waals surface area contributed by atoms with Crippen LogP contribution in [0, 0.1) is 13.8 Å². The minimum atomic E-state index is -0.00856. The predicted molar refractivity (Wildman–Crippen MR) is 127 cm³/mol. The van der Waals surface area contributed by atoms with Crippen LogP contribution in [-0.4, -0.2) is 42.1 Å². The zero-order valence-corrected chi connectivity index (χ0v) is 19.7. The molecule has 3 aromatic rings. The smallest absolute Gasteiger partial charge is 0.185 e. The van der Waals surface area contributed by atoms with Gasteiger partial charge in [-0.1, -0.05) is 54.0 Å².